The largest absolute Gasteiger partial charge is 0.445 e. The molecule has 0 bridgehead atoms. The first kappa shape index (κ1) is 34.9. The molecule has 0 N–H and O–H groups in total. The normalized spacial score (nSPS) is 14.8. The van der Waals surface area contributed by atoms with Crippen LogP contribution in [0.2, 0.25) is 0 Å². The van der Waals surface area contributed by atoms with Gasteiger partial charge >= 0.3 is 6.09 Å². The molecule has 14 heteroatoms. The number of carbonyl (C=O) groups excluding carboxylic acids is 1. The number of nitriles is 1. The van der Waals surface area contributed by atoms with Gasteiger partial charge in [-0.25, -0.2) is 17.5 Å². The highest BCUT2D eigenvalue weighted by atomic mass is 35.5. The molecule has 0 saturated carbocycles. The first-order chi connectivity index (χ1) is 20.7. The van der Waals surface area contributed by atoms with Crippen molar-refractivity contribution in [1.82, 2.24) is 14.1 Å². The third kappa shape index (κ3) is 9.23. The number of carbonyl (C=O) groups is 1. The van der Waals surface area contributed by atoms with E-state index < -0.39 is 21.0 Å². The number of amides is 1. The number of piperidine rings is 1. The van der Waals surface area contributed by atoms with Crippen molar-refractivity contribution in [3.63, 3.8) is 0 Å². The molecule has 1 atom stereocenters. The maximum absolute atomic E-state index is 13.1. The Labute approximate surface area is 268 Å². The minimum Gasteiger partial charge on any atom is -0.445 e. The van der Waals surface area contributed by atoms with Crippen LogP contribution in [0, 0.1) is 21.4 Å². The van der Waals surface area contributed by atoms with E-state index in [-0.39, 0.29) is 48.1 Å². The van der Waals surface area contributed by atoms with Crippen molar-refractivity contribution in [3.8, 4) is 6.07 Å². The van der Waals surface area contributed by atoms with Crippen LogP contribution < -0.4 is 0 Å². The summed E-state index contributed by atoms with van der Waals surface area (Å²) in [6.45, 7) is 2.46. The van der Waals surface area contributed by atoms with Gasteiger partial charge in [0.05, 0.1) is 15.9 Å². The highest BCUT2D eigenvalue weighted by Gasteiger charge is 2.30. The highest BCUT2D eigenvalue weighted by molar-refractivity contribution is 7.89. The lowest BCUT2D eigenvalue weighted by molar-refractivity contribution is -0.384. The molecule has 0 radical (unpaired) electrons. The summed E-state index contributed by atoms with van der Waals surface area (Å²) in [4.78, 5) is 27.3. The number of sulfonamides is 1. The number of nitrogens with zero attached hydrogens (tertiary/aromatic N) is 5. The molecular formula is C30H36ClN5O6S2. The topological polar surface area (TPSA) is 137 Å². The molecule has 1 unspecified atom stereocenters. The molecule has 0 aliphatic carbocycles. The number of halogens is 1. The lowest BCUT2D eigenvalue weighted by Gasteiger charge is -2.37. The van der Waals surface area contributed by atoms with Gasteiger partial charge in [-0.2, -0.15) is 16.6 Å². The molecule has 1 aromatic heterocycles. The Balaban J connectivity index is 0.00000529. The van der Waals surface area contributed by atoms with Gasteiger partial charge in [0, 0.05) is 44.9 Å². The molecular weight excluding hydrogens is 626 g/mol. The Kier molecular flexibility index (Phi) is 13.1. The number of likely N-dealkylation sites (tertiary alicyclic amines) is 1. The molecule has 11 nitrogen and oxygen atoms in total. The Morgan fingerprint density at radius 3 is 2.43 bits per heavy atom. The van der Waals surface area contributed by atoms with Crippen molar-refractivity contribution in [3.05, 3.63) is 92.7 Å². The summed E-state index contributed by atoms with van der Waals surface area (Å²) in [5, 5.41) is 24.3. The molecule has 1 saturated heterocycles. The van der Waals surface area contributed by atoms with Crippen LogP contribution >= 0.6 is 23.7 Å². The minimum atomic E-state index is -3.61. The average Bonchev–Trinajstić information content (AvgIpc) is 3.56. The average molecular weight is 662 g/mol. The third-order valence-corrected chi connectivity index (χ3v) is 10.3. The molecule has 1 fully saturated rings. The maximum Gasteiger partial charge on any atom is 0.411 e. The Hall–Kier alpha value is -3.54. The van der Waals surface area contributed by atoms with Gasteiger partial charge in [-0.1, -0.05) is 18.2 Å². The molecule has 2 heterocycles. The number of non-ortho nitro benzene ring substituents is 1. The SMILES string of the molecule is CN(CC(CCN1CCC(N(CC#N)C(=O)OCc2ccc([N+](=O)[O-])cc2)CC1)c1ccsc1)S(=O)(=O)c1ccccc1.Cl. The van der Waals surface area contributed by atoms with Gasteiger partial charge in [0.2, 0.25) is 10.0 Å². The van der Waals surface area contributed by atoms with Gasteiger partial charge in [0.1, 0.15) is 13.2 Å². The predicted octanol–water partition coefficient (Wildman–Crippen LogP) is 5.50. The van der Waals surface area contributed by atoms with Crippen LogP contribution in [0.15, 0.2) is 76.3 Å². The molecule has 3 aromatic rings. The first-order valence-electron chi connectivity index (χ1n) is 14.0. The van der Waals surface area contributed by atoms with Crippen molar-refractivity contribution in [2.45, 2.75) is 42.7 Å². The molecule has 1 aliphatic heterocycles. The standard InChI is InChI=1S/C30H35N5O6S2.ClH/c1-32(43(39,40)29-5-3-2-4-6-29)21-25(26-14-20-42-23-26)11-16-33-17-12-27(13-18-33)34(19-15-31)30(36)41-22-24-7-9-28(10-8-24)35(37)38;/h2-10,14,20,23,25,27H,11-13,16-19,21-22H2,1H3;1H. The fourth-order valence-electron chi connectivity index (χ4n) is 5.21. The van der Waals surface area contributed by atoms with Crippen molar-refractivity contribution in [2.75, 3.05) is 39.8 Å². The minimum absolute atomic E-state index is 0. The third-order valence-electron chi connectivity index (χ3n) is 7.72. The monoisotopic (exact) mass is 661 g/mol. The second-order valence-corrected chi connectivity index (χ2v) is 13.3. The zero-order chi connectivity index (χ0) is 30.8. The van der Waals surface area contributed by atoms with Crippen LogP contribution in [0.5, 0.6) is 0 Å². The van der Waals surface area contributed by atoms with Crippen LogP contribution in [-0.2, 0) is 21.4 Å². The van der Waals surface area contributed by atoms with E-state index in [1.165, 1.54) is 33.5 Å². The number of ether oxygens (including phenoxy) is 1. The summed E-state index contributed by atoms with van der Waals surface area (Å²) in [6, 6.07) is 18.2. The second-order valence-electron chi connectivity index (χ2n) is 10.5. The zero-order valence-corrected chi connectivity index (χ0v) is 26.8. The number of likely N-dealkylation sites (N-methyl/N-ethyl adjacent to an activating group) is 1. The number of thiophene rings is 1. The summed E-state index contributed by atoms with van der Waals surface area (Å²) in [5.41, 5.74) is 1.69. The highest BCUT2D eigenvalue weighted by Crippen LogP contribution is 2.27. The molecule has 1 amide bonds. The fraction of sp³-hybridized carbons (Fsp3) is 0.400. The lowest BCUT2D eigenvalue weighted by atomic mass is 9.97. The number of nitro benzene ring substituents is 1. The van der Waals surface area contributed by atoms with E-state index in [1.54, 1.807) is 48.7 Å². The Bertz CT molecular complexity index is 1490. The number of hydrogen-bond acceptors (Lipinski definition) is 9. The van der Waals surface area contributed by atoms with Crippen LogP contribution in [0.4, 0.5) is 10.5 Å². The van der Waals surface area contributed by atoms with Crippen LogP contribution in [0.1, 0.15) is 36.3 Å². The van der Waals surface area contributed by atoms with E-state index in [9.17, 15) is 28.6 Å². The van der Waals surface area contributed by atoms with Crippen LogP contribution in [-0.4, -0.2) is 79.4 Å². The zero-order valence-electron chi connectivity index (χ0n) is 24.4. The van der Waals surface area contributed by atoms with E-state index in [1.807, 2.05) is 11.4 Å². The molecule has 4 rings (SSSR count). The number of nitro groups is 1. The van der Waals surface area contributed by atoms with Crippen molar-refractivity contribution in [1.29, 1.82) is 5.26 Å². The fourth-order valence-corrected chi connectivity index (χ4v) is 7.18. The molecule has 2 aromatic carbocycles. The number of hydrogen-bond donors (Lipinski definition) is 0. The molecule has 0 spiro atoms. The smallest absolute Gasteiger partial charge is 0.411 e. The quantitative estimate of drug-likeness (QED) is 0.133. The Morgan fingerprint density at radius 2 is 1.84 bits per heavy atom. The maximum atomic E-state index is 13.1. The van der Waals surface area contributed by atoms with Gasteiger partial charge in [-0.15, -0.1) is 12.4 Å². The Morgan fingerprint density at radius 1 is 1.16 bits per heavy atom. The summed E-state index contributed by atoms with van der Waals surface area (Å²) in [6.07, 6.45) is 1.55. The lowest BCUT2D eigenvalue weighted by Crippen LogP contribution is -2.48. The summed E-state index contributed by atoms with van der Waals surface area (Å²) < 4.78 is 33.2. The van der Waals surface area contributed by atoms with Crippen molar-refractivity contribution >= 4 is 45.5 Å². The van der Waals surface area contributed by atoms with Gasteiger partial charge in [-0.3, -0.25) is 15.0 Å². The molecule has 1 aliphatic rings. The van der Waals surface area contributed by atoms with E-state index in [0.29, 0.717) is 24.9 Å². The summed E-state index contributed by atoms with van der Waals surface area (Å²) in [7, 11) is -1.98. The van der Waals surface area contributed by atoms with E-state index in [2.05, 4.69) is 16.3 Å². The van der Waals surface area contributed by atoms with E-state index in [0.717, 1.165) is 31.6 Å². The molecule has 236 valence electrons. The number of rotatable bonds is 13. The number of benzene rings is 2. The van der Waals surface area contributed by atoms with Gasteiger partial charge < -0.3 is 9.64 Å². The van der Waals surface area contributed by atoms with Gasteiger partial charge in [0.15, 0.2) is 0 Å². The van der Waals surface area contributed by atoms with Gasteiger partial charge in [-0.05, 0) is 83.9 Å². The second kappa shape index (κ2) is 16.5. The predicted molar refractivity (Wildman–Crippen MR) is 170 cm³/mol. The molecule has 44 heavy (non-hydrogen) atoms. The van der Waals surface area contributed by atoms with Crippen LogP contribution in [0.25, 0.3) is 0 Å². The van der Waals surface area contributed by atoms with Crippen LogP contribution in [0.3, 0.4) is 0 Å². The van der Waals surface area contributed by atoms with E-state index >= 15 is 0 Å². The summed E-state index contributed by atoms with van der Waals surface area (Å²) >= 11 is 1.59. The van der Waals surface area contributed by atoms with Crippen molar-refractivity contribution < 1.29 is 22.9 Å². The van der Waals surface area contributed by atoms with E-state index in [4.69, 9.17) is 4.74 Å². The van der Waals surface area contributed by atoms with Gasteiger partial charge in [0.25, 0.3) is 5.69 Å². The summed E-state index contributed by atoms with van der Waals surface area (Å²) in [5.74, 6) is 0.0250. The first-order valence-corrected chi connectivity index (χ1v) is 16.4. The van der Waals surface area contributed by atoms with Crippen molar-refractivity contribution in [2.24, 2.45) is 0 Å².